The molecule has 0 aliphatic rings. The van der Waals surface area contributed by atoms with Gasteiger partial charge in [-0.1, -0.05) is 29.5 Å². The lowest BCUT2D eigenvalue weighted by Gasteiger charge is -2.05. The number of thiazole rings is 1. The summed E-state index contributed by atoms with van der Waals surface area (Å²) in [4.78, 5) is 17.5. The summed E-state index contributed by atoms with van der Waals surface area (Å²) < 4.78 is 8.52. The SMILES string of the molecule is COc1ccc2sc(=NC(=O)c3ccccc3)n(CCSC)c2c1. The van der Waals surface area contributed by atoms with Crippen LogP contribution >= 0.6 is 23.1 Å². The fourth-order valence-corrected chi connectivity index (χ4v) is 3.79. The van der Waals surface area contributed by atoms with Crippen LogP contribution in [-0.2, 0) is 6.54 Å². The first-order valence-corrected chi connectivity index (χ1v) is 9.74. The standard InChI is InChI=1S/C18H18N2O2S2/c1-22-14-8-9-16-15(12-14)20(10-11-23-2)18(24-16)19-17(21)13-6-4-3-5-7-13/h3-9,12H,10-11H2,1-2H3. The molecule has 0 aliphatic heterocycles. The number of benzene rings is 2. The van der Waals surface area contributed by atoms with E-state index < -0.39 is 0 Å². The van der Waals surface area contributed by atoms with Crippen LogP contribution < -0.4 is 9.54 Å². The number of ether oxygens (including phenoxy) is 1. The predicted molar refractivity (Wildman–Crippen MR) is 101 cm³/mol. The van der Waals surface area contributed by atoms with Crippen molar-refractivity contribution >= 4 is 39.2 Å². The summed E-state index contributed by atoms with van der Waals surface area (Å²) >= 11 is 3.30. The second kappa shape index (κ2) is 7.68. The highest BCUT2D eigenvalue weighted by atomic mass is 32.2. The van der Waals surface area contributed by atoms with Crippen LogP contribution in [0, 0.1) is 0 Å². The molecule has 0 fully saturated rings. The van der Waals surface area contributed by atoms with E-state index in [1.165, 1.54) is 11.3 Å². The molecule has 0 N–H and O–H groups in total. The van der Waals surface area contributed by atoms with Crippen LogP contribution in [-0.4, -0.2) is 29.6 Å². The van der Waals surface area contributed by atoms with Crippen molar-refractivity contribution in [1.82, 2.24) is 4.57 Å². The third kappa shape index (κ3) is 3.55. The van der Waals surface area contributed by atoms with Gasteiger partial charge in [0.25, 0.3) is 5.91 Å². The Bertz CT molecular complexity index is 914. The lowest BCUT2D eigenvalue weighted by Crippen LogP contribution is -2.18. The zero-order valence-corrected chi connectivity index (χ0v) is 15.2. The minimum absolute atomic E-state index is 0.216. The number of hydrogen-bond donors (Lipinski definition) is 0. The van der Waals surface area contributed by atoms with E-state index in [9.17, 15) is 4.79 Å². The van der Waals surface area contributed by atoms with Gasteiger partial charge in [0.05, 0.1) is 17.3 Å². The molecule has 0 bridgehead atoms. The normalized spacial score (nSPS) is 11.8. The first kappa shape index (κ1) is 16.8. The maximum atomic E-state index is 12.4. The number of thioether (sulfide) groups is 1. The summed E-state index contributed by atoms with van der Waals surface area (Å²) in [6.07, 6.45) is 2.07. The fourth-order valence-electron chi connectivity index (χ4n) is 2.39. The molecule has 3 aromatic rings. The highest BCUT2D eigenvalue weighted by Gasteiger charge is 2.10. The summed E-state index contributed by atoms with van der Waals surface area (Å²) in [5, 5.41) is 0. The minimum atomic E-state index is -0.216. The number of methoxy groups -OCH3 is 1. The topological polar surface area (TPSA) is 43.6 Å². The van der Waals surface area contributed by atoms with Gasteiger partial charge in [0.1, 0.15) is 5.75 Å². The van der Waals surface area contributed by atoms with E-state index in [-0.39, 0.29) is 5.91 Å². The summed E-state index contributed by atoms with van der Waals surface area (Å²) in [5.74, 6) is 1.54. The second-order valence-corrected chi connectivity index (χ2v) is 7.14. The number of fused-ring (bicyclic) bond motifs is 1. The summed E-state index contributed by atoms with van der Waals surface area (Å²) in [6, 6.07) is 15.1. The van der Waals surface area contributed by atoms with Crippen molar-refractivity contribution in [3.8, 4) is 5.75 Å². The van der Waals surface area contributed by atoms with Gasteiger partial charge in [-0.3, -0.25) is 4.79 Å². The Morgan fingerprint density at radius 2 is 2.04 bits per heavy atom. The highest BCUT2D eigenvalue weighted by Crippen LogP contribution is 2.23. The molecule has 6 heteroatoms. The molecule has 1 heterocycles. The zero-order valence-electron chi connectivity index (χ0n) is 13.6. The number of aromatic nitrogens is 1. The maximum absolute atomic E-state index is 12.4. The molecular weight excluding hydrogens is 340 g/mol. The van der Waals surface area contributed by atoms with E-state index in [1.807, 2.05) is 36.4 Å². The van der Waals surface area contributed by atoms with Gasteiger partial charge in [0.2, 0.25) is 0 Å². The average molecular weight is 358 g/mol. The van der Waals surface area contributed by atoms with E-state index in [2.05, 4.69) is 15.8 Å². The molecule has 0 atom stereocenters. The van der Waals surface area contributed by atoms with Gasteiger partial charge in [-0.15, -0.1) is 0 Å². The Kier molecular flexibility index (Phi) is 5.37. The van der Waals surface area contributed by atoms with Crippen LogP contribution in [0.15, 0.2) is 53.5 Å². The molecule has 2 aromatic carbocycles. The van der Waals surface area contributed by atoms with Gasteiger partial charge < -0.3 is 9.30 Å². The molecule has 0 aliphatic carbocycles. The van der Waals surface area contributed by atoms with E-state index >= 15 is 0 Å². The molecule has 1 aromatic heterocycles. The van der Waals surface area contributed by atoms with Crippen LogP contribution in [0.4, 0.5) is 0 Å². The smallest absolute Gasteiger partial charge is 0.279 e. The molecular formula is C18H18N2O2S2. The van der Waals surface area contributed by atoms with Gasteiger partial charge >= 0.3 is 0 Å². The Hall–Kier alpha value is -2.05. The number of hydrogen-bond acceptors (Lipinski definition) is 4. The minimum Gasteiger partial charge on any atom is -0.497 e. The zero-order chi connectivity index (χ0) is 16.9. The molecule has 4 nitrogen and oxygen atoms in total. The molecule has 0 saturated heterocycles. The van der Waals surface area contributed by atoms with E-state index in [4.69, 9.17) is 4.74 Å². The molecule has 0 spiro atoms. The number of amides is 1. The number of nitrogens with zero attached hydrogens (tertiary/aromatic N) is 2. The van der Waals surface area contributed by atoms with Crippen LogP contribution in [0.1, 0.15) is 10.4 Å². The van der Waals surface area contributed by atoms with Crippen molar-refractivity contribution in [2.75, 3.05) is 19.1 Å². The number of rotatable bonds is 5. The van der Waals surface area contributed by atoms with Crippen molar-refractivity contribution in [2.45, 2.75) is 6.54 Å². The van der Waals surface area contributed by atoms with Gasteiger partial charge in [0, 0.05) is 23.9 Å². The Balaban J connectivity index is 2.12. The first-order chi connectivity index (χ1) is 11.7. The molecule has 3 rings (SSSR count). The first-order valence-electron chi connectivity index (χ1n) is 7.53. The number of carbonyl (C=O) groups is 1. The molecule has 124 valence electrons. The fraction of sp³-hybridized carbons (Fsp3) is 0.222. The van der Waals surface area contributed by atoms with E-state index in [1.54, 1.807) is 31.0 Å². The van der Waals surface area contributed by atoms with Crippen molar-refractivity contribution in [3.05, 3.63) is 58.9 Å². The summed E-state index contributed by atoms with van der Waals surface area (Å²) in [7, 11) is 1.66. The Labute approximate surface area is 148 Å². The lowest BCUT2D eigenvalue weighted by molar-refractivity contribution is 0.0998. The van der Waals surface area contributed by atoms with Crippen LogP contribution in [0.5, 0.6) is 5.75 Å². The lowest BCUT2D eigenvalue weighted by atomic mass is 10.2. The largest absolute Gasteiger partial charge is 0.497 e. The Morgan fingerprint density at radius 1 is 1.25 bits per heavy atom. The van der Waals surface area contributed by atoms with Gasteiger partial charge in [-0.25, -0.2) is 0 Å². The number of carbonyl (C=O) groups excluding carboxylic acids is 1. The van der Waals surface area contributed by atoms with Crippen molar-refractivity contribution in [2.24, 2.45) is 4.99 Å². The summed E-state index contributed by atoms with van der Waals surface area (Å²) in [6.45, 7) is 0.801. The Morgan fingerprint density at radius 3 is 2.75 bits per heavy atom. The highest BCUT2D eigenvalue weighted by molar-refractivity contribution is 7.98. The second-order valence-electron chi connectivity index (χ2n) is 5.15. The van der Waals surface area contributed by atoms with E-state index in [0.29, 0.717) is 5.56 Å². The van der Waals surface area contributed by atoms with E-state index in [0.717, 1.165) is 33.1 Å². The third-order valence-corrected chi connectivity index (χ3v) is 5.28. The maximum Gasteiger partial charge on any atom is 0.279 e. The quantitative estimate of drug-likeness (QED) is 0.696. The monoisotopic (exact) mass is 358 g/mol. The van der Waals surface area contributed by atoms with Crippen molar-refractivity contribution in [1.29, 1.82) is 0 Å². The molecule has 24 heavy (non-hydrogen) atoms. The van der Waals surface area contributed by atoms with Gasteiger partial charge in [-0.05, 0) is 30.5 Å². The average Bonchev–Trinajstić information content (AvgIpc) is 2.96. The van der Waals surface area contributed by atoms with Gasteiger partial charge in [-0.2, -0.15) is 16.8 Å². The van der Waals surface area contributed by atoms with Crippen LogP contribution in [0.2, 0.25) is 0 Å². The van der Waals surface area contributed by atoms with Gasteiger partial charge in [0.15, 0.2) is 4.80 Å². The molecule has 0 radical (unpaired) electrons. The third-order valence-electron chi connectivity index (χ3n) is 3.63. The van der Waals surface area contributed by atoms with Crippen molar-refractivity contribution < 1.29 is 9.53 Å². The molecule has 0 saturated carbocycles. The predicted octanol–water partition coefficient (Wildman–Crippen LogP) is 3.82. The van der Waals surface area contributed by atoms with Crippen LogP contribution in [0.3, 0.4) is 0 Å². The van der Waals surface area contributed by atoms with Crippen molar-refractivity contribution in [3.63, 3.8) is 0 Å². The van der Waals surface area contributed by atoms with Crippen LogP contribution in [0.25, 0.3) is 10.2 Å². The molecule has 0 unspecified atom stereocenters. The summed E-state index contributed by atoms with van der Waals surface area (Å²) in [5.41, 5.74) is 1.65. The molecule has 1 amide bonds. The number of aryl methyl sites for hydroxylation is 1.